The number of aldehydes is 1. The summed E-state index contributed by atoms with van der Waals surface area (Å²) < 4.78 is 31.1. The second-order valence-electron chi connectivity index (χ2n) is 11.9. The number of ether oxygens (including phenoxy) is 1. The van der Waals surface area contributed by atoms with Gasteiger partial charge in [-0.25, -0.2) is 17.5 Å². The first-order valence-electron chi connectivity index (χ1n) is 15.3. The number of nitrogens with one attached hydrogen (secondary N) is 1. The zero-order valence-corrected chi connectivity index (χ0v) is 25.7. The fourth-order valence-corrected chi connectivity index (χ4v) is 7.38. The molecule has 43 heavy (non-hydrogen) atoms. The molecule has 0 bridgehead atoms. The summed E-state index contributed by atoms with van der Waals surface area (Å²) in [7, 11) is -3.40. The molecular formula is C30H44N4O8S. The van der Waals surface area contributed by atoms with Crippen LogP contribution in [0.3, 0.4) is 0 Å². The average molecular weight is 621 g/mol. The average Bonchev–Trinajstić information content (AvgIpc) is 3.21. The predicted octanol–water partition coefficient (Wildman–Crippen LogP) is 2.61. The number of amides is 3. The van der Waals surface area contributed by atoms with Crippen molar-refractivity contribution < 1.29 is 37.4 Å². The van der Waals surface area contributed by atoms with Gasteiger partial charge in [0.05, 0.1) is 18.8 Å². The molecule has 2 atom stereocenters. The van der Waals surface area contributed by atoms with E-state index in [1.165, 1.54) is 9.21 Å². The Hall–Kier alpha value is -3.19. The Bertz CT molecular complexity index is 1240. The van der Waals surface area contributed by atoms with Crippen LogP contribution in [-0.4, -0.2) is 102 Å². The maximum atomic E-state index is 13.7. The van der Waals surface area contributed by atoms with Crippen molar-refractivity contribution in [2.75, 3.05) is 32.5 Å². The van der Waals surface area contributed by atoms with E-state index in [1.54, 1.807) is 4.90 Å². The molecule has 2 fully saturated rings. The first-order valence-corrected chi connectivity index (χ1v) is 17.1. The lowest BCUT2D eigenvalue weighted by Gasteiger charge is -2.41. The molecule has 2 aliphatic heterocycles. The molecule has 238 valence electrons. The molecule has 0 radical (unpaired) electrons. The number of carbonyl (C=O) groups excluding carboxylic acids is 3. The van der Waals surface area contributed by atoms with Crippen molar-refractivity contribution in [3.8, 4) is 5.75 Å². The molecule has 12 nitrogen and oxygen atoms in total. The lowest BCUT2D eigenvalue weighted by Crippen LogP contribution is -2.58. The SMILES string of the molecule is CS(=O)(=O)N1CCC(N(C(=O)O)C(CC2CCCCC2)C(=O)NC(C=O)CCC(=O)N2CCOc3ccccc3C2)CC1. The number of fused-ring (bicyclic) bond motifs is 1. The monoisotopic (exact) mass is 620 g/mol. The Kier molecular flexibility index (Phi) is 11.4. The quantitative estimate of drug-likeness (QED) is 0.358. The molecule has 1 aromatic rings. The van der Waals surface area contributed by atoms with Gasteiger partial charge in [0.2, 0.25) is 21.8 Å². The molecule has 1 aromatic carbocycles. The molecule has 4 rings (SSSR count). The Labute approximate surface area is 253 Å². The van der Waals surface area contributed by atoms with Crippen molar-refractivity contribution in [2.24, 2.45) is 5.92 Å². The summed E-state index contributed by atoms with van der Waals surface area (Å²) in [5.41, 5.74) is 0.898. The van der Waals surface area contributed by atoms with Crippen LogP contribution >= 0.6 is 0 Å². The van der Waals surface area contributed by atoms with Gasteiger partial charge in [0.25, 0.3) is 0 Å². The second-order valence-corrected chi connectivity index (χ2v) is 13.9. The summed E-state index contributed by atoms with van der Waals surface area (Å²) in [5.74, 6) is 0.196. The number of sulfonamides is 1. The molecule has 1 saturated heterocycles. The highest BCUT2D eigenvalue weighted by Gasteiger charge is 2.40. The maximum absolute atomic E-state index is 13.7. The lowest BCUT2D eigenvalue weighted by molar-refractivity contribution is -0.133. The molecule has 2 N–H and O–H groups in total. The molecule has 0 spiro atoms. The van der Waals surface area contributed by atoms with Gasteiger partial charge in [-0.05, 0) is 37.7 Å². The number of hydrogen-bond acceptors (Lipinski definition) is 7. The van der Waals surface area contributed by atoms with Crippen LogP contribution in [0.15, 0.2) is 24.3 Å². The van der Waals surface area contributed by atoms with Gasteiger partial charge in [0.15, 0.2) is 0 Å². The Balaban J connectivity index is 1.42. The van der Waals surface area contributed by atoms with E-state index in [2.05, 4.69) is 5.32 Å². The fraction of sp³-hybridized carbons (Fsp3) is 0.667. The third-order valence-electron chi connectivity index (χ3n) is 8.89. The van der Waals surface area contributed by atoms with Crippen molar-refractivity contribution >= 4 is 34.2 Å². The maximum Gasteiger partial charge on any atom is 0.408 e. The highest BCUT2D eigenvalue weighted by Crippen LogP contribution is 2.31. The number of carboxylic acid groups (broad SMARTS) is 1. The molecule has 1 aliphatic carbocycles. The molecular weight excluding hydrogens is 576 g/mol. The molecule has 2 heterocycles. The minimum absolute atomic E-state index is 0.0335. The van der Waals surface area contributed by atoms with Crippen LogP contribution in [-0.2, 0) is 31.0 Å². The summed E-state index contributed by atoms with van der Waals surface area (Å²) >= 11 is 0. The van der Waals surface area contributed by atoms with E-state index in [9.17, 15) is 32.7 Å². The predicted molar refractivity (Wildman–Crippen MR) is 159 cm³/mol. The van der Waals surface area contributed by atoms with E-state index in [-0.39, 0.29) is 50.6 Å². The summed E-state index contributed by atoms with van der Waals surface area (Å²) in [6.07, 6.45) is 6.45. The van der Waals surface area contributed by atoms with Crippen molar-refractivity contribution in [3.63, 3.8) is 0 Å². The van der Waals surface area contributed by atoms with Gasteiger partial charge < -0.3 is 24.9 Å². The standard InChI is InChI=1S/C30H44N4O8S/c1-43(40,41)33-15-13-25(14-16-33)34(30(38)39)26(19-22-7-3-2-4-8-22)29(37)31-24(21-35)11-12-28(36)32-17-18-42-27-10-6-5-9-23(27)20-32/h5-6,9-10,21-22,24-26H,2-4,7-8,11-20H2,1H3,(H,31,37)(H,38,39). The van der Waals surface area contributed by atoms with Crippen LogP contribution in [0.5, 0.6) is 5.75 Å². The summed E-state index contributed by atoms with van der Waals surface area (Å²) in [4.78, 5) is 54.3. The molecule has 3 amide bonds. The van der Waals surface area contributed by atoms with Crippen LogP contribution in [0, 0.1) is 5.92 Å². The third kappa shape index (κ3) is 8.91. The Morgan fingerprint density at radius 3 is 2.44 bits per heavy atom. The first kappa shape index (κ1) is 32.7. The molecule has 2 unspecified atom stereocenters. The van der Waals surface area contributed by atoms with Crippen molar-refractivity contribution in [3.05, 3.63) is 29.8 Å². The van der Waals surface area contributed by atoms with Crippen molar-refractivity contribution in [2.45, 2.75) is 88.9 Å². The van der Waals surface area contributed by atoms with E-state index in [0.29, 0.717) is 32.4 Å². The van der Waals surface area contributed by atoms with Gasteiger partial charge in [-0.3, -0.25) is 14.5 Å². The number of para-hydroxylation sites is 1. The minimum atomic E-state index is -3.40. The summed E-state index contributed by atoms with van der Waals surface area (Å²) in [6.45, 7) is 1.50. The number of hydrogen-bond donors (Lipinski definition) is 2. The van der Waals surface area contributed by atoms with E-state index in [0.717, 1.165) is 49.7 Å². The van der Waals surface area contributed by atoms with Gasteiger partial charge >= 0.3 is 6.09 Å². The van der Waals surface area contributed by atoms with Gasteiger partial charge in [-0.2, -0.15) is 0 Å². The van der Waals surface area contributed by atoms with Gasteiger partial charge in [0, 0.05) is 37.7 Å². The van der Waals surface area contributed by atoms with Gasteiger partial charge in [-0.1, -0.05) is 50.3 Å². The van der Waals surface area contributed by atoms with Crippen LogP contribution in [0.4, 0.5) is 4.79 Å². The van der Waals surface area contributed by atoms with Crippen LogP contribution in [0.1, 0.15) is 69.8 Å². The molecule has 0 aromatic heterocycles. The lowest BCUT2D eigenvalue weighted by atomic mass is 9.83. The van der Waals surface area contributed by atoms with E-state index < -0.39 is 40.1 Å². The zero-order chi connectivity index (χ0) is 31.0. The third-order valence-corrected chi connectivity index (χ3v) is 10.2. The first-order chi connectivity index (χ1) is 20.6. The highest BCUT2D eigenvalue weighted by molar-refractivity contribution is 7.88. The van der Waals surface area contributed by atoms with Crippen LogP contribution < -0.4 is 10.1 Å². The number of rotatable bonds is 11. The molecule has 13 heteroatoms. The Morgan fingerprint density at radius 2 is 1.79 bits per heavy atom. The van der Waals surface area contributed by atoms with Crippen LogP contribution in [0.2, 0.25) is 0 Å². The topological polar surface area (TPSA) is 154 Å². The fourth-order valence-electron chi connectivity index (χ4n) is 6.51. The normalized spacial score (nSPS) is 20.2. The Morgan fingerprint density at radius 1 is 1.09 bits per heavy atom. The van der Waals surface area contributed by atoms with Crippen molar-refractivity contribution in [1.29, 1.82) is 0 Å². The van der Waals surface area contributed by atoms with Crippen molar-refractivity contribution in [1.82, 2.24) is 19.4 Å². The van der Waals surface area contributed by atoms with E-state index >= 15 is 0 Å². The van der Waals surface area contributed by atoms with Gasteiger partial charge in [0.1, 0.15) is 24.7 Å². The minimum Gasteiger partial charge on any atom is -0.491 e. The summed E-state index contributed by atoms with van der Waals surface area (Å²) in [6, 6.07) is 5.02. The summed E-state index contributed by atoms with van der Waals surface area (Å²) in [5, 5.41) is 13.0. The number of carbonyl (C=O) groups is 4. The highest BCUT2D eigenvalue weighted by atomic mass is 32.2. The number of nitrogens with zero attached hydrogens (tertiary/aromatic N) is 3. The largest absolute Gasteiger partial charge is 0.491 e. The molecule has 1 saturated carbocycles. The van der Waals surface area contributed by atoms with E-state index in [1.807, 2.05) is 24.3 Å². The number of benzene rings is 1. The van der Waals surface area contributed by atoms with E-state index in [4.69, 9.17) is 4.74 Å². The second kappa shape index (κ2) is 15.0. The zero-order valence-electron chi connectivity index (χ0n) is 24.9. The van der Waals surface area contributed by atoms with Gasteiger partial charge in [-0.15, -0.1) is 0 Å². The number of piperidine rings is 1. The molecule has 3 aliphatic rings. The van der Waals surface area contributed by atoms with Crippen LogP contribution in [0.25, 0.3) is 0 Å². The smallest absolute Gasteiger partial charge is 0.408 e.